The van der Waals surface area contributed by atoms with Crippen molar-refractivity contribution in [3.8, 4) is 11.3 Å². The number of anilines is 1. The Morgan fingerprint density at radius 3 is 2.50 bits per heavy atom. The van der Waals surface area contributed by atoms with Gasteiger partial charge in [0.15, 0.2) is 0 Å². The molecule has 24 heavy (non-hydrogen) atoms. The smallest absolute Gasteiger partial charge is 0.240 e. The van der Waals surface area contributed by atoms with Crippen molar-refractivity contribution in [1.29, 1.82) is 0 Å². The second-order valence-corrected chi connectivity index (χ2v) is 7.02. The number of aryl methyl sites for hydroxylation is 1. The zero-order valence-electron chi connectivity index (χ0n) is 13.2. The van der Waals surface area contributed by atoms with Gasteiger partial charge in [-0.2, -0.15) is 0 Å². The van der Waals surface area contributed by atoms with E-state index in [-0.39, 0.29) is 4.90 Å². The molecule has 6 nitrogen and oxygen atoms in total. The molecule has 0 saturated carbocycles. The molecule has 0 unspecified atom stereocenters. The lowest BCUT2D eigenvalue weighted by Gasteiger charge is -2.15. The van der Waals surface area contributed by atoms with Gasteiger partial charge in [0.2, 0.25) is 10.0 Å². The SMILES string of the molecule is Cn1cnc(-c2cccc(S(N)(=O)=O)c2NCc2ccccc2)c1. The van der Waals surface area contributed by atoms with Crippen molar-refractivity contribution in [1.82, 2.24) is 9.55 Å². The van der Waals surface area contributed by atoms with Crippen LogP contribution in [-0.2, 0) is 23.6 Å². The average molecular weight is 342 g/mol. The fourth-order valence-corrected chi connectivity index (χ4v) is 3.24. The van der Waals surface area contributed by atoms with Gasteiger partial charge >= 0.3 is 0 Å². The third kappa shape index (κ3) is 3.47. The standard InChI is InChI=1S/C17H18N4O2S/c1-21-11-15(20-12-21)14-8-5-9-16(24(18,22)23)17(14)19-10-13-6-3-2-4-7-13/h2-9,11-12,19H,10H2,1H3,(H2,18,22,23). The highest BCUT2D eigenvalue weighted by atomic mass is 32.2. The third-order valence-electron chi connectivity index (χ3n) is 3.63. The maximum atomic E-state index is 12.0. The zero-order chi connectivity index (χ0) is 17.2. The number of nitrogens with zero attached hydrogens (tertiary/aromatic N) is 2. The summed E-state index contributed by atoms with van der Waals surface area (Å²) in [5.74, 6) is 0. The van der Waals surface area contributed by atoms with Crippen molar-refractivity contribution in [3.05, 3.63) is 66.6 Å². The molecule has 0 fully saturated rings. The Hall–Kier alpha value is -2.64. The minimum Gasteiger partial charge on any atom is -0.379 e. The molecule has 0 aliphatic carbocycles. The van der Waals surface area contributed by atoms with Crippen molar-refractivity contribution in [3.63, 3.8) is 0 Å². The molecule has 0 bridgehead atoms. The molecule has 0 aliphatic rings. The van der Waals surface area contributed by atoms with E-state index >= 15 is 0 Å². The predicted molar refractivity (Wildman–Crippen MR) is 93.8 cm³/mol. The van der Waals surface area contributed by atoms with Crippen LogP contribution in [0, 0.1) is 0 Å². The fraction of sp³-hybridized carbons (Fsp3) is 0.118. The van der Waals surface area contributed by atoms with Crippen LogP contribution in [0.3, 0.4) is 0 Å². The molecular weight excluding hydrogens is 324 g/mol. The molecule has 1 aromatic heterocycles. The molecule has 3 rings (SSSR count). The monoisotopic (exact) mass is 342 g/mol. The van der Waals surface area contributed by atoms with E-state index in [1.165, 1.54) is 6.07 Å². The second-order valence-electron chi connectivity index (χ2n) is 5.49. The number of nitrogens with two attached hydrogens (primary N) is 1. The minimum absolute atomic E-state index is 0.0570. The first-order valence-corrected chi connectivity index (χ1v) is 8.92. The molecule has 7 heteroatoms. The molecule has 3 aromatic rings. The van der Waals surface area contributed by atoms with Crippen LogP contribution in [0.2, 0.25) is 0 Å². The van der Waals surface area contributed by atoms with Crippen molar-refractivity contribution in [2.45, 2.75) is 11.4 Å². The summed E-state index contributed by atoms with van der Waals surface area (Å²) in [6.07, 6.45) is 3.50. The quantitative estimate of drug-likeness (QED) is 0.745. The van der Waals surface area contributed by atoms with Gasteiger partial charge in [0.1, 0.15) is 4.90 Å². The van der Waals surface area contributed by atoms with Crippen LogP contribution in [0.25, 0.3) is 11.3 Å². The average Bonchev–Trinajstić information content (AvgIpc) is 2.99. The first-order chi connectivity index (χ1) is 11.4. The Labute approximate surface area is 141 Å². The van der Waals surface area contributed by atoms with Gasteiger partial charge in [-0.05, 0) is 11.6 Å². The first kappa shape index (κ1) is 16.2. The summed E-state index contributed by atoms with van der Waals surface area (Å²) in [5, 5.41) is 8.59. The summed E-state index contributed by atoms with van der Waals surface area (Å²) in [7, 11) is -2.00. The predicted octanol–water partition coefficient (Wildman–Crippen LogP) is 2.35. The van der Waals surface area contributed by atoms with Crippen LogP contribution in [0.4, 0.5) is 5.69 Å². The summed E-state index contributed by atoms with van der Waals surface area (Å²) >= 11 is 0. The number of aromatic nitrogens is 2. The molecule has 0 aliphatic heterocycles. The lowest BCUT2D eigenvalue weighted by Crippen LogP contribution is -2.15. The molecule has 3 N–H and O–H groups in total. The lowest BCUT2D eigenvalue weighted by molar-refractivity contribution is 0.598. The highest BCUT2D eigenvalue weighted by Crippen LogP contribution is 2.32. The number of benzene rings is 2. The Bertz CT molecular complexity index is 950. The van der Waals surface area contributed by atoms with Crippen molar-refractivity contribution < 1.29 is 8.42 Å². The minimum atomic E-state index is -3.86. The Morgan fingerprint density at radius 2 is 1.88 bits per heavy atom. The number of hydrogen-bond donors (Lipinski definition) is 2. The molecule has 0 spiro atoms. The van der Waals surface area contributed by atoms with E-state index in [2.05, 4.69) is 10.3 Å². The molecule has 0 amide bonds. The number of para-hydroxylation sites is 1. The van der Waals surface area contributed by atoms with Crippen molar-refractivity contribution >= 4 is 15.7 Å². The van der Waals surface area contributed by atoms with Crippen molar-refractivity contribution in [2.75, 3.05) is 5.32 Å². The van der Waals surface area contributed by atoms with Gasteiger partial charge in [0, 0.05) is 25.4 Å². The largest absolute Gasteiger partial charge is 0.379 e. The molecule has 124 valence electrons. The maximum Gasteiger partial charge on any atom is 0.240 e. The van der Waals surface area contributed by atoms with E-state index in [4.69, 9.17) is 5.14 Å². The number of primary sulfonamides is 1. The van der Waals surface area contributed by atoms with Gasteiger partial charge in [0.05, 0.1) is 17.7 Å². The topological polar surface area (TPSA) is 90.0 Å². The summed E-state index contributed by atoms with van der Waals surface area (Å²) < 4.78 is 25.7. The number of rotatable bonds is 5. The van der Waals surface area contributed by atoms with E-state index < -0.39 is 10.0 Å². The third-order valence-corrected chi connectivity index (χ3v) is 4.58. The Morgan fingerprint density at radius 1 is 1.12 bits per heavy atom. The van der Waals surface area contributed by atoms with Crippen LogP contribution in [0.15, 0.2) is 66.0 Å². The normalized spacial score (nSPS) is 11.4. The van der Waals surface area contributed by atoms with Gasteiger partial charge in [-0.25, -0.2) is 18.5 Å². The summed E-state index contributed by atoms with van der Waals surface area (Å²) in [5.41, 5.74) is 2.87. The van der Waals surface area contributed by atoms with E-state index in [9.17, 15) is 8.42 Å². The molecule has 0 saturated heterocycles. The lowest BCUT2D eigenvalue weighted by atomic mass is 10.1. The fourth-order valence-electron chi connectivity index (χ4n) is 2.50. The van der Waals surface area contributed by atoms with E-state index in [1.807, 2.05) is 49.6 Å². The molecule has 0 radical (unpaired) electrons. The van der Waals surface area contributed by atoms with Crippen LogP contribution >= 0.6 is 0 Å². The summed E-state index contributed by atoms with van der Waals surface area (Å²) in [6.45, 7) is 0.479. The number of imidazole rings is 1. The first-order valence-electron chi connectivity index (χ1n) is 7.37. The van der Waals surface area contributed by atoms with Gasteiger partial charge in [-0.1, -0.05) is 42.5 Å². The van der Waals surface area contributed by atoms with Crippen LogP contribution in [0.1, 0.15) is 5.56 Å². The van der Waals surface area contributed by atoms with Gasteiger partial charge in [-0.15, -0.1) is 0 Å². The van der Waals surface area contributed by atoms with Gasteiger partial charge in [0.25, 0.3) is 0 Å². The summed E-state index contributed by atoms with van der Waals surface area (Å²) in [6, 6.07) is 14.7. The van der Waals surface area contributed by atoms with Crippen LogP contribution < -0.4 is 10.5 Å². The van der Waals surface area contributed by atoms with Crippen LogP contribution in [-0.4, -0.2) is 18.0 Å². The van der Waals surface area contributed by atoms with E-state index in [0.717, 1.165) is 5.56 Å². The van der Waals surface area contributed by atoms with E-state index in [0.29, 0.717) is 23.5 Å². The Balaban J connectivity index is 2.06. The van der Waals surface area contributed by atoms with Crippen molar-refractivity contribution in [2.24, 2.45) is 12.2 Å². The van der Waals surface area contributed by atoms with E-state index in [1.54, 1.807) is 17.0 Å². The number of sulfonamides is 1. The highest BCUT2D eigenvalue weighted by molar-refractivity contribution is 7.89. The number of hydrogen-bond acceptors (Lipinski definition) is 4. The zero-order valence-corrected chi connectivity index (χ0v) is 14.0. The highest BCUT2D eigenvalue weighted by Gasteiger charge is 2.19. The number of nitrogens with one attached hydrogen (secondary N) is 1. The Kier molecular flexibility index (Phi) is 4.37. The molecule has 2 aromatic carbocycles. The maximum absolute atomic E-state index is 12.0. The molecule has 0 atom stereocenters. The van der Waals surface area contributed by atoms with Gasteiger partial charge < -0.3 is 9.88 Å². The van der Waals surface area contributed by atoms with Crippen LogP contribution in [0.5, 0.6) is 0 Å². The van der Waals surface area contributed by atoms with Gasteiger partial charge in [-0.3, -0.25) is 0 Å². The molecular formula is C17H18N4O2S. The summed E-state index contributed by atoms with van der Waals surface area (Å²) in [4.78, 5) is 4.37. The second kappa shape index (κ2) is 6.46. The molecule has 1 heterocycles.